The number of halogens is 1. The van der Waals surface area contributed by atoms with Crippen molar-refractivity contribution in [2.75, 3.05) is 51.4 Å². The first-order valence-corrected chi connectivity index (χ1v) is 10.4. The van der Waals surface area contributed by atoms with Crippen molar-refractivity contribution >= 4 is 32.6 Å². The topological polar surface area (TPSA) is 56.1 Å². The highest BCUT2D eigenvalue weighted by molar-refractivity contribution is 7.22. The second kappa shape index (κ2) is 8.86. The van der Waals surface area contributed by atoms with Gasteiger partial charge in [0.05, 0.1) is 38.1 Å². The van der Waals surface area contributed by atoms with Gasteiger partial charge in [0.15, 0.2) is 5.13 Å². The lowest BCUT2D eigenvalue weighted by Gasteiger charge is -2.27. The molecule has 0 atom stereocenters. The lowest BCUT2D eigenvalue weighted by molar-refractivity contribution is -0.906. The number of fused-ring (bicyclic) bond motifs is 1. The van der Waals surface area contributed by atoms with Gasteiger partial charge in [-0.25, -0.2) is 9.37 Å². The van der Waals surface area contributed by atoms with Crippen LogP contribution >= 0.6 is 11.3 Å². The van der Waals surface area contributed by atoms with Crippen LogP contribution in [0.3, 0.4) is 0 Å². The van der Waals surface area contributed by atoms with E-state index in [-0.39, 0.29) is 11.7 Å². The minimum atomic E-state index is -0.377. The molecule has 0 bridgehead atoms. The van der Waals surface area contributed by atoms with Crippen molar-refractivity contribution in [1.82, 2.24) is 4.98 Å². The first-order valence-electron chi connectivity index (χ1n) is 9.58. The Bertz CT molecular complexity index is 1000. The van der Waals surface area contributed by atoms with E-state index in [1.807, 2.05) is 6.07 Å². The largest absolute Gasteiger partial charge is 0.497 e. The van der Waals surface area contributed by atoms with Gasteiger partial charge in [0.1, 0.15) is 30.2 Å². The van der Waals surface area contributed by atoms with E-state index in [1.54, 1.807) is 42.3 Å². The highest BCUT2D eigenvalue weighted by Crippen LogP contribution is 2.31. The van der Waals surface area contributed by atoms with Gasteiger partial charge in [0.2, 0.25) is 0 Å². The maximum atomic E-state index is 14.2. The van der Waals surface area contributed by atoms with Crippen molar-refractivity contribution in [3.05, 3.63) is 53.8 Å². The monoisotopic (exact) mass is 416 g/mol. The lowest BCUT2D eigenvalue weighted by atomic mass is 10.2. The zero-order valence-corrected chi connectivity index (χ0v) is 17.0. The number of ether oxygens (including phenoxy) is 2. The third-order valence-electron chi connectivity index (χ3n) is 5.04. The van der Waals surface area contributed by atoms with Gasteiger partial charge in [0.25, 0.3) is 5.91 Å². The van der Waals surface area contributed by atoms with Gasteiger partial charge in [-0.15, -0.1) is 0 Å². The number of rotatable bonds is 6. The normalized spacial score (nSPS) is 14.8. The van der Waals surface area contributed by atoms with Crippen LogP contribution in [0.15, 0.2) is 42.5 Å². The fraction of sp³-hybridized carbons (Fsp3) is 0.333. The molecule has 1 amide bonds. The molecule has 2 heterocycles. The molecule has 152 valence electrons. The van der Waals surface area contributed by atoms with E-state index < -0.39 is 0 Å². The second-order valence-corrected chi connectivity index (χ2v) is 7.89. The molecule has 2 aromatic carbocycles. The number of methoxy groups -OCH3 is 1. The Morgan fingerprint density at radius 2 is 2.07 bits per heavy atom. The summed E-state index contributed by atoms with van der Waals surface area (Å²) in [6.07, 6.45) is 0. The molecule has 1 aliphatic heterocycles. The van der Waals surface area contributed by atoms with E-state index in [2.05, 4.69) is 4.98 Å². The maximum Gasteiger partial charge on any atom is 0.260 e. The number of hydrogen-bond donors (Lipinski definition) is 1. The standard InChI is InChI=1S/C21H22FN3O3S/c1-27-16-5-2-4-15(14-16)20(26)25(9-8-24-10-12-28-13-11-24)21-23-19-17(22)6-3-7-18(19)29-21/h2-7,14H,8-13H2,1H3/p+1. The summed E-state index contributed by atoms with van der Waals surface area (Å²) >= 11 is 1.33. The molecule has 1 aliphatic rings. The van der Waals surface area contributed by atoms with Gasteiger partial charge in [-0.05, 0) is 30.3 Å². The summed E-state index contributed by atoms with van der Waals surface area (Å²) in [5.41, 5.74) is 0.815. The Kier molecular flexibility index (Phi) is 6.03. The summed E-state index contributed by atoms with van der Waals surface area (Å²) in [6.45, 7) is 4.55. The summed E-state index contributed by atoms with van der Waals surface area (Å²) in [5.74, 6) is 0.0681. The van der Waals surface area contributed by atoms with Crippen LogP contribution in [0.4, 0.5) is 9.52 Å². The second-order valence-electron chi connectivity index (χ2n) is 6.88. The van der Waals surface area contributed by atoms with Crippen molar-refractivity contribution in [2.24, 2.45) is 0 Å². The number of nitrogens with one attached hydrogen (secondary N) is 1. The Morgan fingerprint density at radius 3 is 2.83 bits per heavy atom. The Balaban J connectivity index is 1.65. The average Bonchev–Trinajstić information content (AvgIpc) is 3.20. The van der Waals surface area contributed by atoms with Crippen LogP contribution in [0, 0.1) is 5.82 Å². The zero-order chi connectivity index (χ0) is 20.2. The summed E-state index contributed by atoms with van der Waals surface area (Å²) < 4.78 is 25.6. The number of carbonyl (C=O) groups is 1. The van der Waals surface area contributed by atoms with Gasteiger partial charge in [-0.1, -0.05) is 23.5 Å². The molecule has 29 heavy (non-hydrogen) atoms. The van der Waals surface area contributed by atoms with E-state index in [1.165, 1.54) is 22.3 Å². The fourth-order valence-electron chi connectivity index (χ4n) is 3.39. The van der Waals surface area contributed by atoms with E-state index in [0.29, 0.717) is 28.5 Å². The summed E-state index contributed by atoms with van der Waals surface area (Å²) in [4.78, 5) is 20.8. The molecule has 0 unspecified atom stereocenters. The molecule has 0 aliphatic carbocycles. The van der Waals surface area contributed by atoms with Crippen LogP contribution in [0.5, 0.6) is 5.75 Å². The minimum Gasteiger partial charge on any atom is -0.497 e. The molecule has 1 fully saturated rings. The molecule has 3 aromatic rings. The zero-order valence-electron chi connectivity index (χ0n) is 16.2. The maximum absolute atomic E-state index is 14.2. The number of morpholine rings is 1. The fourth-order valence-corrected chi connectivity index (χ4v) is 4.40. The van der Waals surface area contributed by atoms with Gasteiger partial charge < -0.3 is 14.4 Å². The molecular formula is C21H23FN3O3S+. The molecule has 1 aromatic heterocycles. The van der Waals surface area contributed by atoms with Gasteiger partial charge in [-0.2, -0.15) is 0 Å². The number of thiazole rings is 1. The molecule has 1 N–H and O–H groups in total. The van der Waals surface area contributed by atoms with Crippen molar-refractivity contribution in [2.45, 2.75) is 0 Å². The highest BCUT2D eigenvalue weighted by Gasteiger charge is 2.25. The van der Waals surface area contributed by atoms with Crippen molar-refractivity contribution < 1.29 is 23.6 Å². The van der Waals surface area contributed by atoms with E-state index in [4.69, 9.17) is 9.47 Å². The lowest BCUT2D eigenvalue weighted by Crippen LogP contribution is -3.14. The third kappa shape index (κ3) is 4.39. The van der Waals surface area contributed by atoms with E-state index in [9.17, 15) is 9.18 Å². The molecule has 4 rings (SSSR count). The number of aromatic nitrogens is 1. The Morgan fingerprint density at radius 1 is 1.28 bits per heavy atom. The number of nitrogens with zero attached hydrogens (tertiary/aromatic N) is 2. The minimum absolute atomic E-state index is 0.170. The first-order chi connectivity index (χ1) is 14.2. The van der Waals surface area contributed by atoms with Crippen LogP contribution < -0.4 is 14.5 Å². The molecule has 0 saturated carbocycles. The number of hydrogen-bond acceptors (Lipinski definition) is 5. The van der Waals surface area contributed by atoms with E-state index in [0.717, 1.165) is 37.5 Å². The number of anilines is 1. The summed E-state index contributed by atoms with van der Waals surface area (Å²) in [7, 11) is 1.57. The quantitative estimate of drug-likeness (QED) is 0.668. The predicted octanol–water partition coefficient (Wildman–Crippen LogP) is 2.01. The molecular weight excluding hydrogens is 393 g/mol. The third-order valence-corrected chi connectivity index (χ3v) is 6.08. The van der Waals surface area contributed by atoms with Gasteiger partial charge in [-0.3, -0.25) is 9.69 Å². The smallest absolute Gasteiger partial charge is 0.260 e. The van der Waals surface area contributed by atoms with Gasteiger partial charge in [0, 0.05) is 5.56 Å². The Labute approximate surface area is 172 Å². The average molecular weight is 416 g/mol. The van der Waals surface area contributed by atoms with Gasteiger partial charge >= 0.3 is 0 Å². The number of amides is 1. The summed E-state index contributed by atoms with van der Waals surface area (Å²) in [6, 6.07) is 11.9. The highest BCUT2D eigenvalue weighted by atomic mass is 32.1. The molecule has 0 radical (unpaired) electrons. The molecule has 6 nitrogen and oxygen atoms in total. The van der Waals surface area contributed by atoms with Crippen LogP contribution in [-0.4, -0.2) is 57.4 Å². The number of quaternary nitrogens is 1. The predicted molar refractivity (Wildman–Crippen MR) is 111 cm³/mol. The molecule has 0 spiro atoms. The first kappa shape index (κ1) is 19.8. The Hall–Kier alpha value is -2.55. The van der Waals surface area contributed by atoms with Crippen molar-refractivity contribution in [1.29, 1.82) is 0 Å². The van der Waals surface area contributed by atoms with Crippen molar-refractivity contribution in [3.8, 4) is 5.75 Å². The van der Waals surface area contributed by atoms with Crippen LogP contribution in [0.25, 0.3) is 10.2 Å². The SMILES string of the molecule is COc1cccc(C(=O)N(CC[NH+]2CCOCC2)c2nc3c(F)cccc3s2)c1. The summed E-state index contributed by atoms with van der Waals surface area (Å²) in [5, 5.41) is 0.505. The van der Waals surface area contributed by atoms with E-state index >= 15 is 0 Å². The number of para-hydroxylation sites is 1. The van der Waals surface area contributed by atoms with Crippen LogP contribution in [-0.2, 0) is 4.74 Å². The van der Waals surface area contributed by atoms with Crippen LogP contribution in [0.2, 0.25) is 0 Å². The van der Waals surface area contributed by atoms with Crippen LogP contribution in [0.1, 0.15) is 10.4 Å². The number of carbonyl (C=O) groups excluding carboxylic acids is 1. The number of benzene rings is 2. The molecule has 1 saturated heterocycles. The van der Waals surface area contributed by atoms with Crippen molar-refractivity contribution in [3.63, 3.8) is 0 Å². The molecule has 8 heteroatoms.